The number of alkyl halides is 6. The number of methoxy groups -OCH3 is 1. The number of rotatable bonds is 8. The zero-order valence-corrected chi connectivity index (χ0v) is 31.8. The Labute approximate surface area is 326 Å². The van der Waals surface area contributed by atoms with Gasteiger partial charge in [-0.15, -0.1) is 45.3 Å². The van der Waals surface area contributed by atoms with E-state index in [1.165, 1.54) is 41.9 Å². The van der Waals surface area contributed by atoms with Gasteiger partial charge in [0.25, 0.3) is 0 Å². The fourth-order valence-electron chi connectivity index (χ4n) is 6.97. The summed E-state index contributed by atoms with van der Waals surface area (Å²) >= 11 is 4.93. The number of fused-ring (bicyclic) bond motifs is 2. The lowest BCUT2D eigenvalue weighted by Gasteiger charge is -2.26. The first-order valence-corrected chi connectivity index (χ1v) is 20.2. The maximum Gasteiger partial charge on any atom is 0.380 e. The summed E-state index contributed by atoms with van der Waals surface area (Å²) in [5.41, 5.74) is -2.35. The fourth-order valence-corrected chi connectivity index (χ4v) is 11.6. The third-order valence-electron chi connectivity index (χ3n) is 9.76. The van der Waals surface area contributed by atoms with Crippen molar-refractivity contribution in [2.45, 2.75) is 24.4 Å². The van der Waals surface area contributed by atoms with Crippen LogP contribution in [0.4, 0.5) is 26.3 Å². The second kappa shape index (κ2) is 13.2. The van der Waals surface area contributed by atoms with E-state index in [9.17, 15) is 5.11 Å². The summed E-state index contributed by atoms with van der Waals surface area (Å²) in [7, 11) is 1.47. The van der Waals surface area contributed by atoms with Crippen molar-refractivity contribution in [3.8, 4) is 46.1 Å². The van der Waals surface area contributed by atoms with Crippen LogP contribution in [0.5, 0.6) is 5.75 Å². The van der Waals surface area contributed by atoms with Gasteiger partial charge >= 0.3 is 17.8 Å². The topological polar surface area (TPSA) is 29.5 Å². The Morgan fingerprint density at radius 3 is 1.36 bits per heavy atom. The number of hydrogen-bond acceptors (Lipinski definition) is 6. The van der Waals surface area contributed by atoms with Crippen molar-refractivity contribution in [2.75, 3.05) is 7.11 Å². The summed E-state index contributed by atoms with van der Waals surface area (Å²) in [4.78, 5) is 2.56. The van der Waals surface area contributed by atoms with E-state index >= 15 is 26.3 Å². The van der Waals surface area contributed by atoms with Gasteiger partial charge in [-0.2, -0.15) is 26.3 Å². The second-order valence-electron chi connectivity index (χ2n) is 13.1. The van der Waals surface area contributed by atoms with E-state index in [1.54, 1.807) is 48.5 Å². The highest BCUT2D eigenvalue weighted by molar-refractivity contribution is 7.28. The third kappa shape index (κ3) is 5.68. The maximum absolute atomic E-state index is 16.7. The molecular weight excluding hydrogens is 791 g/mol. The molecule has 0 radical (unpaired) electrons. The Hall–Kier alpha value is -4.72. The molecule has 1 aliphatic carbocycles. The van der Waals surface area contributed by atoms with E-state index < -0.39 is 40.0 Å². The van der Waals surface area contributed by atoms with Crippen LogP contribution in [0, 0.1) is 0 Å². The molecule has 0 atom stereocenters. The summed E-state index contributed by atoms with van der Waals surface area (Å²) < 4.78 is 106. The molecule has 0 bridgehead atoms. The van der Waals surface area contributed by atoms with Crippen molar-refractivity contribution in [2.24, 2.45) is 0 Å². The van der Waals surface area contributed by atoms with Crippen LogP contribution in [0.25, 0.3) is 71.7 Å². The lowest BCUT2D eigenvalue weighted by molar-refractivity contribution is -0.254. The summed E-state index contributed by atoms with van der Waals surface area (Å²) in [5.74, 6) is -15.8. The molecule has 2 nitrogen and oxygen atoms in total. The number of hydrogen-bond donors (Lipinski definition) is 1. The van der Waals surface area contributed by atoms with Gasteiger partial charge in [0.05, 0.1) is 13.7 Å². The Morgan fingerprint density at radius 2 is 0.945 bits per heavy atom. The largest absolute Gasteiger partial charge is 0.497 e. The van der Waals surface area contributed by atoms with Gasteiger partial charge in [-0.05, 0) is 88.1 Å². The first-order valence-electron chi connectivity index (χ1n) is 16.9. The SMILES string of the molecule is COc1ccc(-c2sc(-c3cc4ccccc4s3)cc2C2=C(c3cc(-c4cc5ccccc5s4)sc3-c3ccc(CO)cc3)C(F)(F)C(F)(F)C2(F)F)cc1. The van der Waals surface area contributed by atoms with Gasteiger partial charge in [0, 0.05) is 60.9 Å². The summed E-state index contributed by atoms with van der Waals surface area (Å²) in [6.07, 6.45) is 0. The third-order valence-corrected chi connectivity index (χ3v) is 14.7. The molecule has 276 valence electrons. The molecule has 0 amide bonds. The average molecular weight is 817 g/mol. The van der Waals surface area contributed by atoms with Crippen LogP contribution in [-0.2, 0) is 6.61 Å². The van der Waals surface area contributed by atoms with Gasteiger partial charge in [0.15, 0.2) is 0 Å². The first-order chi connectivity index (χ1) is 26.4. The highest BCUT2D eigenvalue weighted by Gasteiger charge is 2.80. The molecule has 0 fully saturated rings. The van der Waals surface area contributed by atoms with E-state index in [0.717, 1.165) is 42.8 Å². The quantitative estimate of drug-likeness (QED) is 0.155. The van der Waals surface area contributed by atoms with Crippen molar-refractivity contribution in [3.63, 3.8) is 0 Å². The molecular formula is C43H26F6O2S4. The molecule has 0 aliphatic heterocycles. The summed E-state index contributed by atoms with van der Waals surface area (Å²) in [6.45, 7) is -0.287. The Morgan fingerprint density at radius 1 is 0.527 bits per heavy atom. The Balaban J connectivity index is 1.35. The molecule has 4 heterocycles. The highest BCUT2D eigenvalue weighted by atomic mass is 32.1. The number of thiophene rings is 4. The van der Waals surface area contributed by atoms with Gasteiger partial charge in [-0.1, -0.05) is 60.7 Å². The Kier molecular flexibility index (Phi) is 8.63. The number of aliphatic hydroxyl groups is 1. The van der Waals surface area contributed by atoms with Crippen LogP contribution in [0.2, 0.25) is 0 Å². The first kappa shape index (κ1) is 35.9. The maximum atomic E-state index is 16.7. The van der Waals surface area contributed by atoms with Crippen molar-refractivity contribution >= 4 is 76.7 Å². The molecule has 8 aromatic rings. The van der Waals surface area contributed by atoms with E-state index in [0.29, 0.717) is 41.9 Å². The summed E-state index contributed by atoms with van der Waals surface area (Å²) in [6, 6.07) is 34.3. The summed E-state index contributed by atoms with van der Waals surface area (Å²) in [5, 5.41) is 11.5. The van der Waals surface area contributed by atoms with Crippen molar-refractivity contribution in [3.05, 3.63) is 138 Å². The molecule has 1 aliphatic rings. The minimum Gasteiger partial charge on any atom is -0.497 e. The van der Waals surface area contributed by atoms with Crippen LogP contribution < -0.4 is 4.74 Å². The number of halogens is 6. The van der Waals surface area contributed by atoms with E-state index in [1.807, 2.05) is 60.7 Å². The zero-order chi connectivity index (χ0) is 38.3. The molecule has 4 aromatic carbocycles. The highest BCUT2D eigenvalue weighted by Crippen LogP contribution is 2.67. The Bertz CT molecular complexity index is 2520. The molecule has 4 aromatic heterocycles. The molecule has 0 saturated carbocycles. The second-order valence-corrected chi connectivity index (χ2v) is 17.3. The number of aliphatic hydroxyl groups excluding tert-OH is 1. The standard InChI is InChI=1S/C43H26F6O2S4/c1-51-28-16-14-25(15-17-28)40-30(21-36(55-40)34-19-27-7-3-5-9-32(27)53-34)38-37(41(44,45)43(48,49)42(38,46)47)29-20-35(33-18-26-6-2-4-8-31(26)52-33)54-39(29)24-12-10-23(22-50)11-13-24/h2-21,50H,22H2,1H3. The van der Waals surface area contributed by atoms with Crippen LogP contribution >= 0.6 is 45.3 Å². The van der Waals surface area contributed by atoms with Crippen LogP contribution in [0.1, 0.15) is 16.7 Å². The fraction of sp³-hybridized carbons (Fsp3) is 0.116. The smallest absolute Gasteiger partial charge is 0.380 e. The van der Waals surface area contributed by atoms with Gasteiger partial charge in [-0.3, -0.25) is 0 Å². The molecule has 55 heavy (non-hydrogen) atoms. The monoisotopic (exact) mass is 816 g/mol. The van der Waals surface area contributed by atoms with E-state index in [4.69, 9.17) is 4.74 Å². The van der Waals surface area contributed by atoms with Gasteiger partial charge in [0.2, 0.25) is 0 Å². The molecule has 0 spiro atoms. The van der Waals surface area contributed by atoms with Crippen molar-refractivity contribution in [1.29, 1.82) is 0 Å². The number of benzene rings is 4. The van der Waals surface area contributed by atoms with E-state index in [-0.39, 0.29) is 16.4 Å². The number of ether oxygens (including phenoxy) is 1. The lowest BCUT2D eigenvalue weighted by atomic mass is 9.92. The van der Waals surface area contributed by atoms with Gasteiger partial charge in [-0.25, -0.2) is 0 Å². The van der Waals surface area contributed by atoms with Gasteiger partial charge < -0.3 is 9.84 Å². The van der Waals surface area contributed by atoms with Crippen molar-refractivity contribution < 1.29 is 36.2 Å². The zero-order valence-electron chi connectivity index (χ0n) is 28.5. The van der Waals surface area contributed by atoms with Gasteiger partial charge in [0.1, 0.15) is 5.75 Å². The average Bonchev–Trinajstić information content (AvgIpc) is 4.01. The van der Waals surface area contributed by atoms with Crippen LogP contribution in [-0.4, -0.2) is 30.0 Å². The lowest BCUT2D eigenvalue weighted by Crippen LogP contribution is -2.48. The molecule has 9 rings (SSSR count). The van der Waals surface area contributed by atoms with Crippen LogP contribution in [0.15, 0.2) is 121 Å². The molecule has 0 unspecified atom stereocenters. The minimum absolute atomic E-state index is 0.128. The normalized spacial score (nSPS) is 16.1. The predicted molar refractivity (Wildman–Crippen MR) is 215 cm³/mol. The predicted octanol–water partition coefficient (Wildman–Crippen LogP) is 14.2. The molecule has 12 heteroatoms. The number of allylic oxidation sites excluding steroid dienone is 2. The van der Waals surface area contributed by atoms with Crippen molar-refractivity contribution in [1.82, 2.24) is 0 Å². The van der Waals surface area contributed by atoms with E-state index in [2.05, 4.69) is 0 Å². The molecule has 1 N–H and O–H groups in total. The minimum atomic E-state index is -5.76. The van der Waals surface area contributed by atoms with Crippen LogP contribution in [0.3, 0.4) is 0 Å². The molecule has 0 saturated heterocycles.